The number of H-pyrrole nitrogens is 1. The van der Waals surface area contributed by atoms with Crippen LogP contribution in [-0.4, -0.2) is 15.0 Å². The van der Waals surface area contributed by atoms with Crippen LogP contribution in [0.1, 0.15) is 5.56 Å². The number of nitrogens with one attached hydrogen (secondary N) is 1. The van der Waals surface area contributed by atoms with Gasteiger partial charge in [-0.05, 0) is 30.7 Å². The highest BCUT2D eigenvalue weighted by Crippen LogP contribution is 2.24. The summed E-state index contributed by atoms with van der Waals surface area (Å²) in [6, 6.07) is 18.4. The van der Waals surface area contributed by atoms with Gasteiger partial charge in [0.15, 0.2) is 5.65 Å². The van der Waals surface area contributed by atoms with E-state index in [9.17, 15) is 0 Å². The molecule has 3 heteroatoms. The van der Waals surface area contributed by atoms with Crippen molar-refractivity contribution < 1.29 is 0 Å². The fraction of sp³-hybridized carbons (Fsp3) is 0.0588. The lowest BCUT2D eigenvalue weighted by molar-refractivity contribution is 1.33. The number of fused-ring (bicyclic) bond motifs is 2. The summed E-state index contributed by atoms with van der Waals surface area (Å²) in [5.74, 6) is 0. The fourth-order valence-electron chi connectivity index (χ4n) is 2.40. The Kier molecular flexibility index (Phi) is 2.33. The number of hydrogen-bond donors (Lipinski definition) is 1. The second-order valence-electron chi connectivity index (χ2n) is 5.00. The number of hydrogen-bond acceptors (Lipinski definition) is 2. The smallest absolute Gasteiger partial charge is 0.157 e. The number of rotatable bonds is 1. The minimum atomic E-state index is 0.833. The van der Waals surface area contributed by atoms with Crippen molar-refractivity contribution >= 4 is 22.2 Å². The lowest BCUT2D eigenvalue weighted by atomic mass is 10.1. The van der Waals surface area contributed by atoms with Gasteiger partial charge in [-0.1, -0.05) is 42.0 Å². The Balaban J connectivity index is 1.93. The number of nitrogens with zero attached hydrogens (tertiary/aromatic N) is 2. The molecule has 4 rings (SSSR count). The van der Waals surface area contributed by atoms with Crippen LogP contribution in [0, 0.1) is 6.92 Å². The molecule has 3 nitrogen and oxygen atoms in total. The summed E-state index contributed by atoms with van der Waals surface area (Å²) in [6.45, 7) is 2.09. The number of aromatic amines is 1. The Morgan fingerprint density at radius 2 is 1.50 bits per heavy atom. The van der Waals surface area contributed by atoms with Crippen molar-refractivity contribution in [2.24, 2.45) is 0 Å². The van der Waals surface area contributed by atoms with E-state index in [0.29, 0.717) is 0 Å². The first-order valence-electron chi connectivity index (χ1n) is 6.62. The molecule has 0 spiro atoms. The van der Waals surface area contributed by atoms with E-state index in [1.165, 1.54) is 5.56 Å². The lowest BCUT2D eigenvalue weighted by Crippen LogP contribution is -1.84. The first-order valence-corrected chi connectivity index (χ1v) is 6.62. The number of para-hydroxylation sites is 2. The van der Waals surface area contributed by atoms with Crippen molar-refractivity contribution in [3.8, 4) is 11.3 Å². The molecular weight excluding hydrogens is 246 g/mol. The van der Waals surface area contributed by atoms with Gasteiger partial charge in [0.25, 0.3) is 0 Å². The minimum Gasteiger partial charge on any atom is -0.338 e. The zero-order chi connectivity index (χ0) is 13.5. The summed E-state index contributed by atoms with van der Waals surface area (Å²) >= 11 is 0. The van der Waals surface area contributed by atoms with E-state index in [-0.39, 0.29) is 0 Å². The van der Waals surface area contributed by atoms with Gasteiger partial charge in [0.2, 0.25) is 0 Å². The van der Waals surface area contributed by atoms with Crippen LogP contribution in [0.25, 0.3) is 33.5 Å². The predicted octanol–water partition coefficient (Wildman–Crippen LogP) is 4.09. The molecule has 0 atom stereocenters. The fourth-order valence-corrected chi connectivity index (χ4v) is 2.40. The van der Waals surface area contributed by atoms with Crippen LogP contribution >= 0.6 is 0 Å². The van der Waals surface area contributed by atoms with Crippen LogP contribution in [0.3, 0.4) is 0 Å². The quantitative estimate of drug-likeness (QED) is 0.559. The first-order chi connectivity index (χ1) is 9.79. The van der Waals surface area contributed by atoms with Gasteiger partial charge in [-0.15, -0.1) is 0 Å². The lowest BCUT2D eigenvalue weighted by Gasteiger charge is -1.97. The SMILES string of the molecule is Cc1ccc(-c2cc3nc4ccccc4nc3[nH]2)cc1. The van der Waals surface area contributed by atoms with Gasteiger partial charge in [-0.2, -0.15) is 0 Å². The van der Waals surface area contributed by atoms with Gasteiger partial charge in [0, 0.05) is 5.69 Å². The molecule has 0 radical (unpaired) electrons. The van der Waals surface area contributed by atoms with Crippen LogP contribution in [0.5, 0.6) is 0 Å². The van der Waals surface area contributed by atoms with Gasteiger partial charge in [-0.25, -0.2) is 9.97 Å². The van der Waals surface area contributed by atoms with Crippen LogP contribution in [0.15, 0.2) is 54.6 Å². The zero-order valence-electron chi connectivity index (χ0n) is 11.1. The summed E-state index contributed by atoms with van der Waals surface area (Å²) in [4.78, 5) is 12.6. The molecule has 1 N–H and O–H groups in total. The van der Waals surface area contributed by atoms with Gasteiger partial charge < -0.3 is 4.98 Å². The maximum Gasteiger partial charge on any atom is 0.157 e. The van der Waals surface area contributed by atoms with Gasteiger partial charge in [0.05, 0.1) is 11.0 Å². The molecule has 96 valence electrons. The molecule has 2 aromatic heterocycles. The Labute approximate surface area is 116 Å². The highest BCUT2D eigenvalue weighted by molar-refractivity contribution is 5.87. The molecule has 0 fully saturated rings. The van der Waals surface area contributed by atoms with E-state index in [1.807, 2.05) is 24.3 Å². The predicted molar refractivity (Wildman–Crippen MR) is 81.6 cm³/mol. The summed E-state index contributed by atoms with van der Waals surface area (Å²) in [5.41, 5.74) is 7.03. The normalized spacial score (nSPS) is 11.2. The molecule has 0 amide bonds. The third-order valence-electron chi connectivity index (χ3n) is 3.49. The summed E-state index contributed by atoms with van der Waals surface area (Å²) < 4.78 is 0. The number of benzene rings is 2. The van der Waals surface area contributed by atoms with Crippen molar-refractivity contribution in [1.82, 2.24) is 15.0 Å². The molecule has 0 bridgehead atoms. The Hall–Kier alpha value is -2.68. The Morgan fingerprint density at radius 1 is 0.800 bits per heavy atom. The molecule has 2 heterocycles. The molecule has 20 heavy (non-hydrogen) atoms. The maximum atomic E-state index is 4.65. The third kappa shape index (κ3) is 1.75. The second-order valence-corrected chi connectivity index (χ2v) is 5.00. The minimum absolute atomic E-state index is 0.833. The molecule has 0 aliphatic carbocycles. The molecule has 0 aliphatic heterocycles. The van der Waals surface area contributed by atoms with E-state index in [0.717, 1.165) is 33.5 Å². The maximum absolute atomic E-state index is 4.65. The molecule has 0 saturated heterocycles. The highest BCUT2D eigenvalue weighted by Gasteiger charge is 2.07. The highest BCUT2D eigenvalue weighted by atomic mass is 14.9. The van der Waals surface area contributed by atoms with Crippen LogP contribution < -0.4 is 0 Å². The molecule has 0 saturated carbocycles. The van der Waals surface area contributed by atoms with Crippen molar-refractivity contribution in [2.45, 2.75) is 6.92 Å². The topological polar surface area (TPSA) is 41.6 Å². The van der Waals surface area contributed by atoms with E-state index in [4.69, 9.17) is 0 Å². The van der Waals surface area contributed by atoms with Crippen molar-refractivity contribution in [3.05, 3.63) is 60.2 Å². The van der Waals surface area contributed by atoms with Gasteiger partial charge in [-0.3, -0.25) is 0 Å². The Bertz CT molecular complexity index is 852. The van der Waals surface area contributed by atoms with E-state index >= 15 is 0 Å². The van der Waals surface area contributed by atoms with Gasteiger partial charge in [0.1, 0.15) is 5.52 Å². The van der Waals surface area contributed by atoms with Crippen molar-refractivity contribution in [1.29, 1.82) is 0 Å². The van der Waals surface area contributed by atoms with Crippen LogP contribution in [-0.2, 0) is 0 Å². The van der Waals surface area contributed by atoms with Crippen LogP contribution in [0.4, 0.5) is 0 Å². The third-order valence-corrected chi connectivity index (χ3v) is 3.49. The largest absolute Gasteiger partial charge is 0.338 e. The monoisotopic (exact) mass is 259 g/mol. The molecular formula is C17H13N3. The molecule has 0 aliphatic rings. The van der Waals surface area contributed by atoms with Gasteiger partial charge >= 0.3 is 0 Å². The van der Waals surface area contributed by atoms with E-state index < -0.39 is 0 Å². The van der Waals surface area contributed by atoms with E-state index in [2.05, 4.69) is 52.2 Å². The second kappa shape index (κ2) is 4.17. The average molecular weight is 259 g/mol. The number of aryl methyl sites for hydroxylation is 1. The van der Waals surface area contributed by atoms with Crippen molar-refractivity contribution in [3.63, 3.8) is 0 Å². The van der Waals surface area contributed by atoms with E-state index in [1.54, 1.807) is 0 Å². The van der Waals surface area contributed by atoms with Crippen LogP contribution in [0.2, 0.25) is 0 Å². The summed E-state index contributed by atoms with van der Waals surface area (Å²) in [5, 5.41) is 0. The summed E-state index contributed by atoms with van der Waals surface area (Å²) in [7, 11) is 0. The molecule has 0 unspecified atom stereocenters. The van der Waals surface area contributed by atoms with Crippen molar-refractivity contribution in [2.75, 3.05) is 0 Å². The summed E-state index contributed by atoms with van der Waals surface area (Å²) in [6.07, 6.45) is 0. The number of aromatic nitrogens is 3. The molecule has 4 aromatic rings. The first kappa shape index (κ1) is 11.2. The molecule has 2 aromatic carbocycles. The standard InChI is InChI=1S/C17H13N3/c1-11-6-8-12(9-7-11)15-10-16-17(20-15)19-14-5-3-2-4-13(14)18-16/h2-10H,1H3,(H,19,20). The zero-order valence-corrected chi connectivity index (χ0v) is 11.1. The Morgan fingerprint density at radius 3 is 2.25 bits per heavy atom. The average Bonchev–Trinajstić information content (AvgIpc) is 2.88.